The third-order valence-corrected chi connectivity index (χ3v) is 3.88. The van der Waals surface area contributed by atoms with E-state index in [0.29, 0.717) is 13.2 Å². The van der Waals surface area contributed by atoms with Crippen LogP contribution in [-0.2, 0) is 4.74 Å². The van der Waals surface area contributed by atoms with Crippen molar-refractivity contribution in [3.8, 4) is 0 Å². The van der Waals surface area contributed by atoms with E-state index in [0.717, 1.165) is 28.0 Å². The van der Waals surface area contributed by atoms with Crippen molar-refractivity contribution in [1.29, 1.82) is 0 Å². The molecular weight excluding hydrogens is 328 g/mol. The van der Waals surface area contributed by atoms with E-state index in [1.54, 1.807) is 24.6 Å². The Bertz CT molecular complexity index is 911. The van der Waals surface area contributed by atoms with E-state index in [-0.39, 0.29) is 0 Å². The molecule has 0 saturated heterocycles. The van der Waals surface area contributed by atoms with Gasteiger partial charge in [0.25, 0.3) is 0 Å². The predicted molar refractivity (Wildman–Crippen MR) is 103 cm³/mol. The van der Waals surface area contributed by atoms with E-state index >= 15 is 0 Å². The van der Waals surface area contributed by atoms with Gasteiger partial charge < -0.3 is 10.1 Å². The lowest BCUT2D eigenvalue weighted by Gasteiger charge is -2.14. The fourth-order valence-corrected chi connectivity index (χ4v) is 2.52. The summed E-state index contributed by atoms with van der Waals surface area (Å²) in [5.41, 5.74) is 4.55. The molecule has 0 unspecified atom stereocenters. The Labute approximate surface area is 152 Å². The van der Waals surface area contributed by atoms with Crippen LogP contribution in [-0.4, -0.2) is 42.3 Å². The number of hydrogen-bond donors (Lipinski definition) is 1. The number of fused-ring (bicyclic) bond motifs is 1. The number of hydrogen-bond acceptors (Lipinski definition) is 6. The van der Waals surface area contributed by atoms with E-state index in [1.165, 1.54) is 5.56 Å². The number of benzene rings is 2. The molecule has 7 heteroatoms. The quantitative estimate of drug-likeness (QED) is 0.509. The molecule has 1 N–H and O–H groups in total. The second-order valence-corrected chi connectivity index (χ2v) is 5.97. The smallest absolute Gasteiger partial charge is 0.116 e. The number of rotatable bonds is 7. The van der Waals surface area contributed by atoms with Crippen molar-refractivity contribution in [2.45, 2.75) is 6.92 Å². The first-order chi connectivity index (χ1) is 12.7. The molecule has 0 fully saturated rings. The third kappa shape index (κ3) is 4.31. The first kappa shape index (κ1) is 17.8. The second-order valence-electron chi connectivity index (χ2n) is 5.97. The van der Waals surface area contributed by atoms with Crippen LogP contribution < -0.4 is 5.32 Å². The zero-order valence-electron chi connectivity index (χ0n) is 15.2. The lowest BCUT2D eigenvalue weighted by Crippen LogP contribution is -2.15. The highest BCUT2D eigenvalue weighted by Gasteiger charge is 2.10. The van der Waals surface area contributed by atoms with Gasteiger partial charge in [-0.1, -0.05) is 17.4 Å². The number of nitrogens with zero attached hydrogens (tertiary/aromatic N) is 5. The maximum absolute atomic E-state index is 5.06. The molecule has 1 heterocycles. The molecule has 0 atom stereocenters. The Kier molecular flexibility index (Phi) is 5.70. The average Bonchev–Trinajstić information content (AvgIpc) is 2.65. The van der Waals surface area contributed by atoms with Crippen LogP contribution in [0.15, 0.2) is 59.3 Å². The highest BCUT2D eigenvalue weighted by Crippen LogP contribution is 2.35. The molecule has 0 aliphatic carbocycles. The molecule has 3 rings (SSSR count). The Morgan fingerprint density at radius 2 is 2.12 bits per heavy atom. The summed E-state index contributed by atoms with van der Waals surface area (Å²) in [6.45, 7) is 3.32. The Hall–Kier alpha value is -3.06. The van der Waals surface area contributed by atoms with E-state index < -0.39 is 0 Å². The van der Waals surface area contributed by atoms with Crippen molar-refractivity contribution in [2.24, 2.45) is 10.3 Å². The first-order valence-electron chi connectivity index (χ1n) is 8.35. The Morgan fingerprint density at radius 3 is 2.92 bits per heavy atom. The summed E-state index contributed by atoms with van der Waals surface area (Å²) < 4.78 is 5.06. The van der Waals surface area contributed by atoms with Crippen molar-refractivity contribution >= 4 is 28.0 Å². The molecule has 26 heavy (non-hydrogen) atoms. The summed E-state index contributed by atoms with van der Waals surface area (Å²) in [6.07, 6.45) is 3.33. The maximum atomic E-state index is 5.06. The highest BCUT2D eigenvalue weighted by atomic mass is 16.5. The Morgan fingerprint density at radius 1 is 1.23 bits per heavy atom. The van der Waals surface area contributed by atoms with Crippen LogP contribution in [0.3, 0.4) is 0 Å². The lowest BCUT2D eigenvalue weighted by atomic mass is 10.1. The van der Waals surface area contributed by atoms with Gasteiger partial charge in [0.05, 0.1) is 24.4 Å². The zero-order valence-corrected chi connectivity index (χ0v) is 15.2. The van der Waals surface area contributed by atoms with E-state index in [4.69, 9.17) is 4.74 Å². The van der Waals surface area contributed by atoms with Crippen molar-refractivity contribution < 1.29 is 4.74 Å². The number of aryl methyl sites for hydroxylation is 1. The maximum Gasteiger partial charge on any atom is 0.116 e. The summed E-state index contributed by atoms with van der Waals surface area (Å²) in [5, 5.41) is 14.7. The largest absolute Gasteiger partial charge is 0.383 e. The van der Waals surface area contributed by atoms with Crippen LogP contribution in [0.1, 0.15) is 5.56 Å². The minimum absolute atomic E-state index is 0.593. The SMILES string of the molecule is COCCN(C)/N=N\c1ccc2ncncc2c1Nc1cccc(C)c1. The molecular formula is C19H22N6O. The van der Waals surface area contributed by atoms with E-state index in [1.807, 2.05) is 31.3 Å². The molecule has 7 nitrogen and oxygen atoms in total. The molecule has 0 bridgehead atoms. The van der Waals surface area contributed by atoms with Crippen LogP contribution in [0.5, 0.6) is 0 Å². The van der Waals surface area contributed by atoms with E-state index in [2.05, 4.69) is 44.7 Å². The number of methoxy groups -OCH3 is 1. The van der Waals surface area contributed by atoms with Gasteiger partial charge in [0.1, 0.15) is 12.0 Å². The molecule has 1 aromatic heterocycles. The van der Waals surface area contributed by atoms with Gasteiger partial charge in [-0.15, -0.1) is 5.11 Å². The summed E-state index contributed by atoms with van der Waals surface area (Å²) in [7, 11) is 3.53. The van der Waals surface area contributed by atoms with Crippen LogP contribution >= 0.6 is 0 Å². The standard InChI is InChI=1S/C19H22N6O/c1-14-5-4-6-15(11-14)22-19-16-12-20-13-21-17(16)7-8-18(19)23-24-25(2)9-10-26-3/h4-8,11-13,22H,9-10H2,1-3H3/b24-23-. The fourth-order valence-electron chi connectivity index (χ4n) is 2.52. The molecule has 0 spiro atoms. The second kappa shape index (κ2) is 8.35. The summed E-state index contributed by atoms with van der Waals surface area (Å²) in [5.74, 6) is 0. The minimum atomic E-state index is 0.593. The van der Waals surface area contributed by atoms with Gasteiger partial charge >= 0.3 is 0 Å². The van der Waals surface area contributed by atoms with Crippen molar-refractivity contribution in [1.82, 2.24) is 15.0 Å². The summed E-state index contributed by atoms with van der Waals surface area (Å²) in [6, 6.07) is 12.0. The van der Waals surface area contributed by atoms with Gasteiger partial charge in [0, 0.05) is 31.4 Å². The normalized spacial score (nSPS) is 11.2. The van der Waals surface area contributed by atoms with Gasteiger partial charge in [-0.3, -0.25) is 5.01 Å². The predicted octanol–water partition coefficient (Wildman–Crippen LogP) is 4.26. The molecule has 0 aliphatic heterocycles. The lowest BCUT2D eigenvalue weighted by molar-refractivity contribution is 0.159. The van der Waals surface area contributed by atoms with Crippen LogP contribution in [0, 0.1) is 6.92 Å². The number of ether oxygens (including phenoxy) is 1. The highest BCUT2D eigenvalue weighted by molar-refractivity contribution is 5.98. The summed E-state index contributed by atoms with van der Waals surface area (Å²) in [4.78, 5) is 8.49. The Balaban J connectivity index is 1.98. The number of nitrogens with one attached hydrogen (secondary N) is 1. The summed E-state index contributed by atoms with van der Waals surface area (Å²) >= 11 is 0. The fraction of sp³-hybridized carbons (Fsp3) is 0.263. The van der Waals surface area contributed by atoms with Crippen LogP contribution in [0.2, 0.25) is 0 Å². The van der Waals surface area contributed by atoms with Crippen molar-refractivity contribution in [3.05, 3.63) is 54.5 Å². The molecule has 0 amide bonds. The minimum Gasteiger partial charge on any atom is -0.383 e. The van der Waals surface area contributed by atoms with Gasteiger partial charge in [-0.25, -0.2) is 9.97 Å². The van der Waals surface area contributed by atoms with Gasteiger partial charge in [0.2, 0.25) is 0 Å². The molecule has 0 saturated carbocycles. The van der Waals surface area contributed by atoms with E-state index in [9.17, 15) is 0 Å². The van der Waals surface area contributed by atoms with Gasteiger partial charge in [-0.05, 0) is 36.8 Å². The number of anilines is 2. The number of aromatic nitrogens is 2. The molecule has 0 aliphatic rings. The first-order valence-corrected chi connectivity index (χ1v) is 8.35. The molecule has 3 aromatic rings. The molecule has 2 aromatic carbocycles. The van der Waals surface area contributed by atoms with Crippen LogP contribution in [0.4, 0.5) is 17.1 Å². The average molecular weight is 350 g/mol. The van der Waals surface area contributed by atoms with Crippen molar-refractivity contribution in [3.63, 3.8) is 0 Å². The number of likely N-dealkylation sites (N-methyl/N-ethyl adjacent to an activating group) is 1. The van der Waals surface area contributed by atoms with Gasteiger partial charge in [-0.2, -0.15) is 0 Å². The van der Waals surface area contributed by atoms with Gasteiger partial charge in [0.15, 0.2) is 0 Å². The monoisotopic (exact) mass is 350 g/mol. The zero-order chi connectivity index (χ0) is 18.4. The van der Waals surface area contributed by atoms with Crippen LogP contribution in [0.25, 0.3) is 10.9 Å². The molecule has 0 radical (unpaired) electrons. The van der Waals surface area contributed by atoms with Crippen molar-refractivity contribution in [2.75, 3.05) is 32.6 Å². The topological polar surface area (TPSA) is 75.0 Å². The third-order valence-electron chi connectivity index (χ3n) is 3.88. The molecule has 134 valence electrons.